The van der Waals surface area contributed by atoms with Crippen molar-refractivity contribution in [2.45, 2.75) is 36.5 Å². The van der Waals surface area contributed by atoms with Gasteiger partial charge in [0, 0.05) is 0 Å². The Morgan fingerprint density at radius 2 is 1.12 bits per heavy atom. The number of likely N-dealkylation sites (N-methyl/N-ethyl adjacent to an activating group) is 1. The predicted molar refractivity (Wildman–Crippen MR) is 67.6 cm³/mol. The van der Waals surface area contributed by atoms with Gasteiger partial charge in [-0.15, -0.1) is 0 Å². The molecule has 8 heteroatoms. The van der Waals surface area contributed by atoms with Crippen LogP contribution in [0, 0.1) is 11.8 Å². The Morgan fingerprint density at radius 3 is 1.47 bits per heavy atom. The van der Waals surface area contributed by atoms with Crippen LogP contribution < -0.4 is 45.5 Å². The molecule has 8 nitrogen and oxygen atoms in total. The molecule has 1 aliphatic rings. The molecular weight excluding hydrogens is 220 g/mol. The van der Waals surface area contributed by atoms with Crippen molar-refractivity contribution in [2.75, 3.05) is 7.05 Å². The number of rotatable bonds is 1. The van der Waals surface area contributed by atoms with Crippen LogP contribution in [0.15, 0.2) is 0 Å². The summed E-state index contributed by atoms with van der Waals surface area (Å²) in [5, 5.41) is 2.79. The first-order valence-electron chi connectivity index (χ1n) is 5.59. The molecule has 1 fully saturated rings. The monoisotopic (exact) mass is 246 g/mol. The molecule has 0 bridgehead atoms. The molecular formula is C9H26N8. The van der Waals surface area contributed by atoms with Crippen molar-refractivity contribution in [3.05, 3.63) is 0 Å². The fourth-order valence-electron chi connectivity index (χ4n) is 2.69. The standard InChI is InChI=1S/C9H26N8/c1-4-5(2)7(12,13)9(16,17-3)8(14,15)6(4,10)11/h4-5,17H,10-16H2,1-3H3. The van der Waals surface area contributed by atoms with Crippen LogP contribution in [0.2, 0.25) is 0 Å². The van der Waals surface area contributed by atoms with Gasteiger partial charge in [-0.2, -0.15) is 0 Å². The van der Waals surface area contributed by atoms with Gasteiger partial charge in [0.05, 0.1) is 0 Å². The summed E-state index contributed by atoms with van der Waals surface area (Å²) in [7, 11) is 1.57. The summed E-state index contributed by atoms with van der Waals surface area (Å²) in [6.45, 7) is 3.64. The lowest BCUT2D eigenvalue weighted by Gasteiger charge is -2.65. The lowest BCUT2D eigenvalue weighted by Crippen LogP contribution is -3.02. The predicted octanol–water partition coefficient (Wildman–Crippen LogP) is -4.01. The third-order valence-electron chi connectivity index (χ3n) is 4.70. The van der Waals surface area contributed by atoms with Gasteiger partial charge in [0.1, 0.15) is 22.7 Å². The fourth-order valence-corrected chi connectivity index (χ4v) is 2.69. The average molecular weight is 246 g/mol. The third kappa shape index (κ3) is 1.41. The van der Waals surface area contributed by atoms with E-state index in [1.807, 2.05) is 13.8 Å². The maximum atomic E-state index is 6.17. The Labute approximate surface area is 102 Å². The second kappa shape index (κ2) is 3.59. The van der Waals surface area contributed by atoms with Crippen molar-refractivity contribution in [3.8, 4) is 0 Å². The van der Waals surface area contributed by atoms with Gasteiger partial charge >= 0.3 is 0 Å². The van der Waals surface area contributed by atoms with Gasteiger partial charge in [-0.3, -0.25) is 5.32 Å². The second-order valence-electron chi connectivity index (χ2n) is 5.37. The number of nitrogens with two attached hydrogens (primary N) is 7. The van der Waals surface area contributed by atoms with Crippen LogP contribution in [-0.4, -0.2) is 29.7 Å². The van der Waals surface area contributed by atoms with Crippen LogP contribution in [0.3, 0.4) is 0 Å². The van der Waals surface area contributed by atoms with Crippen LogP contribution in [-0.2, 0) is 0 Å². The van der Waals surface area contributed by atoms with Crippen molar-refractivity contribution in [1.29, 1.82) is 0 Å². The number of nitrogens with one attached hydrogen (secondary N) is 1. The maximum absolute atomic E-state index is 6.17. The van der Waals surface area contributed by atoms with Crippen LogP contribution in [0.1, 0.15) is 13.8 Å². The Balaban J connectivity index is 3.48. The summed E-state index contributed by atoms with van der Waals surface area (Å²) >= 11 is 0. The second-order valence-corrected chi connectivity index (χ2v) is 5.37. The van der Waals surface area contributed by atoms with Crippen molar-refractivity contribution in [1.82, 2.24) is 5.32 Å². The molecule has 0 spiro atoms. The summed E-state index contributed by atoms with van der Waals surface area (Å²) in [5.41, 5.74) is 36.7. The zero-order valence-electron chi connectivity index (χ0n) is 10.7. The topological polar surface area (TPSA) is 194 Å². The minimum atomic E-state index is -1.66. The minimum absolute atomic E-state index is 0.268. The molecule has 102 valence electrons. The molecule has 3 unspecified atom stereocenters. The van der Waals surface area contributed by atoms with E-state index in [1.165, 1.54) is 0 Å². The summed E-state index contributed by atoms with van der Waals surface area (Å²) in [6, 6.07) is 0. The molecule has 0 saturated heterocycles. The first kappa shape index (κ1) is 14.7. The minimum Gasteiger partial charge on any atom is -0.310 e. The van der Waals surface area contributed by atoms with E-state index in [-0.39, 0.29) is 11.8 Å². The van der Waals surface area contributed by atoms with Gasteiger partial charge in [0.15, 0.2) is 0 Å². The first-order chi connectivity index (χ1) is 7.38. The van der Waals surface area contributed by atoms with E-state index in [4.69, 9.17) is 40.1 Å². The number of hydrogen-bond donors (Lipinski definition) is 8. The molecule has 0 aromatic rings. The highest BCUT2D eigenvalue weighted by atomic mass is 15.4. The van der Waals surface area contributed by atoms with E-state index in [2.05, 4.69) is 5.32 Å². The first-order valence-corrected chi connectivity index (χ1v) is 5.59. The molecule has 17 heavy (non-hydrogen) atoms. The third-order valence-corrected chi connectivity index (χ3v) is 4.70. The van der Waals surface area contributed by atoms with Gasteiger partial charge in [-0.25, -0.2) is 0 Å². The van der Waals surface area contributed by atoms with Crippen molar-refractivity contribution >= 4 is 0 Å². The molecule has 1 aliphatic carbocycles. The molecule has 3 atom stereocenters. The van der Waals surface area contributed by atoms with E-state index in [1.54, 1.807) is 7.05 Å². The van der Waals surface area contributed by atoms with Crippen LogP contribution in [0.5, 0.6) is 0 Å². The maximum Gasteiger partial charge on any atom is 0.133 e. The molecule has 0 heterocycles. The molecule has 0 amide bonds. The summed E-state index contributed by atoms with van der Waals surface area (Å²) < 4.78 is 0. The SMILES string of the molecule is CNC1(N)C(N)(N)C(C)C(C)C(N)(N)C1(N)N. The molecule has 0 radical (unpaired) electrons. The lowest BCUT2D eigenvalue weighted by molar-refractivity contribution is -0.0870. The van der Waals surface area contributed by atoms with Gasteiger partial charge in [-0.1, -0.05) is 13.8 Å². The summed E-state index contributed by atoms with van der Waals surface area (Å²) in [5.74, 6) is -0.562. The quantitative estimate of drug-likeness (QED) is 0.214. The fraction of sp³-hybridized carbons (Fsp3) is 1.00. The van der Waals surface area contributed by atoms with E-state index in [9.17, 15) is 0 Å². The molecule has 0 aromatic carbocycles. The van der Waals surface area contributed by atoms with Crippen molar-refractivity contribution in [3.63, 3.8) is 0 Å². The summed E-state index contributed by atoms with van der Waals surface area (Å²) in [6.07, 6.45) is 0. The van der Waals surface area contributed by atoms with Crippen molar-refractivity contribution in [2.24, 2.45) is 52.0 Å². The van der Waals surface area contributed by atoms with E-state index in [0.717, 1.165) is 0 Å². The van der Waals surface area contributed by atoms with Gasteiger partial charge in [0.2, 0.25) is 0 Å². The number of hydrogen-bond acceptors (Lipinski definition) is 8. The molecule has 1 saturated carbocycles. The van der Waals surface area contributed by atoms with E-state index >= 15 is 0 Å². The molecule has 0 aromatic heterocycles. The van der Waals surface area contributed by atoms with Gasteiger partial charge < -0.3 is 40.1 Å². The normalized spacial score (nSPS) is 43.4. The highest BCUT2D eigenvalue weighted by Gasteiger charge is 2.69. The Morgan fingerprint density at radius 1 is 0.765 bits per heavy atom. The zero-order chi connectivity index (χ0) is 13.9. The van der Waals surface area contributed by atoms with Gasteiger partial charge in [-0.05, 0) is 18.9 Å². The molecule has 15 N–H and O–H groups in total. The lowest BCUT2D eigenvalue weighted by atomic mass is 9.57. The van der Waals surface area contributed by atoms with Gasteiger partial charge in [0.25, 0.3) is 0 Å². The Kier molecular flexibility index (Phi) is 3.11. The average Bonchev–Trinajstić information content (AvgIpc) is 2.23. The zero-order valence-corrected chi connectivity index (χ0v) is 10.7. The smallest absolute Gasteiger partial charge is 0.133 e. The van der Waals surface area contributed by atoms with E-state index in [0.29, 0.717) is 0 Å². The Bertz CT molecular complexity index is 312. The van der Waals surface area contributed by atoms with Crippen molar-refractivity contribution < 1.29 is 0 Å². The largest absolute Gasteiger partial charge is 0.310 e. The summed E-state index contributed by atoms with van der Waals surface area (Å²) in [4.78, 5) is 0. The Hall–Kier alpha value is -0.320. The molecule has 0 aliphatic heterocycles. The van der Waals surface area contributed by atoms with Crippen LogP contribution in [0.25, 0.3) is 0 Å². The molecule has 1 rings (SSSR count). The highest BCUT2D eigenvalue weighted by molar-refractivity contribution is 5.27. The van der Waals surface area contributed by atoms with Crippen LogP contribution >= 0.6 is 0 Å². The van der Waals surface area contributed by atoms with E-state index < -0.39 is 22.7 Å². The van der Waals surface area contributed by atoms with Crippen LogP contribution in [0.4, 0.5) is 0 Å². The highest BCUT2D eigenvalue weighted by Crippen LogP contribution is 2.42.